The van der Waals surface area contributed by atoms with Gasteiger partial charge >= 0.3 is 0 Å². The number of amides is 1. The molecule has 1 amide bonds. The number of hydrogen-bond acceptors (Lipinski definition) is 5. The standard InChI is InChI=1S/C14H21N3O3/c1-9(2)13-15-7-12(10(3)17-13)14(18)16-6-11-8-19-4-5-20-11/h7,9,11H,4-6,8H2,1-3H3,(H,16,18). The van der Waals surface area contributed by atoms with Gasteiger partial charge in [-0.2, -0.15) is 0 Å². The van der Waals surface area contributed by atoms with Crippen LogP contribution < -0.4 is 5.32 Å². The van der Waals surface area contributed by atoms with Crippen molar-refractivity contribution in [3.8, 4) is 0 Å². The van der Waals surface area contributed by atoms with Crippen molar-refractivity contribution < 1.29 is 14.3 Å². The average molecular weight is 279 g/mol. The van der Waals surface area contributed by atoms with Crippen molar-refractivity contribution in [2.75, 3.05) is 26.4 Å². The minimum absolute atomic E-state index is 0.0798. The van der Waals surface area contributed by atoms with Crippen molar-refractivity contribution in [2.24, 2.45) is 0 Å². The van der Waals surface area contributed by atoms with Crippen molar-refractivity contribution in [3.63, 3.8) is 0 Å². The lowest BCUT2D eigenvalue weighted by atomic mass is 10.1. The summed E-state index contributed by atoms with van der Waals surface area (Å²) in [4.78, 5) is 20.7. The Balaban J connectivity index is 1.94. The fourth-order valence-corrected chi connectivity index (χ4v) is 1.94. The molecule has 2 heterocycles. The van der Waals surface area contributed by atoms with Gasteiger partial charge in [-0.25, -0.2) is 9.97 Å². The quantitative estimate of drug-likeness (QED) is 0.892. The maximum absolute atomic E-state index is 12.1. The molecule has 0 radical (unpaired) electrons. The van der Waals surface area contributed by atoms with E-state index in [0.717, 1.165) is 5.82 Å². The number of nitrogens with zero attached hydrogens (tertiary/aromatic N) is 2. The van der Waals surface area contributed by atoms with E-state index in [9.17, 15) is 4.79 Å². The molecule has 1 aliphatic rings. The summed E-state index contributed by atoms with van der Waals surface area (Å²) in [5.74, 6) is 0.827. The zero-order valence-electron chi connectivity index (χ0n) is 12.2. The van der Waals surface area contributed by atoms with Gasteiger partial charge in [0.05, 0.1) is 37.2 Å². The number of hydrogen-bond donors (Lipinski definition) is 1. The number of ether oxygens (including phenoxy) is 2. The molecular weight excluding hydrogens is 258 g/mol. The van der Waals surface area contributed by atoms with Gasteiger partial charge in [0.25, 0.3) is 5.91 Å². The van der Waals surface area contributed by atoms with Crippen LogP contribution in [-0.4, -0.2) is 48.3 Å². The van der Waals surface area contributed by atoms with E-state index in [1.165, 1.54) is 0 Å². The molecule has 0 aliphatic carbocycles. The number of carbonyl (C=O) groups is 1. The summed E-state index contributed by atoms with van der Waals surface area (Å²) >= 11 is 0. The molecule has 1 saturated heterocycles. The zero-order valence-corrected chi connectivity index (χ0v) is 12.2. The molecule has 1 fully saturated rings. The summed E-state index contributed by atoms with van der Waals surface area (Å²) in [6, 6.07) is 0. The largest absolute Gasteiger partial charge is 0.376 e. The highest BCUT2D eigenvalue weighted by Crippen LogP contribution is 2.11. The lowest BCUT2D eigenvalue weighted by Gasteiger charge is -2.23. The summed E-state index contributed by atoms with van der Waals surface area (Å²) in [6.45, 7) is 8.01. The number of carbonyl (C=O) groups excluding carboxylic acids is 1. The first-order valence-corrected chi connectivity index (χ1v) is 6.89. The van der Waals surface area contributed by atoms with Gasteiger partial charge in [-0.1, -0.05) is 13.8 Å². The van der Waals surface area contributed by atoms with E-state index < -0.39 is 0 Å². The van der Waals surface area contributed by atoms with E-state index >= 15 is 0 Å². The number of rotatable bonds is 4. The molecule has 1 aromatic heterocycles. The Morgan fingerprint density at radius 2 is 2.30 bits per heavy atom. The molecule has 6 nitrogen and oxygen atoms in total. The average Bonchev–Trinajstić information content (AvgIpc) is 2.45. The lowest BCUT2D eigenvalue weighted by molar-refractivity contribution is -0.0855. The van der Waals surface area contributed by atoms with E-state index in [1.807, 2.05) is 20.8 Å². The van der Waals surface area contributed by atoms with Gasteiger partial charge in [0.1, 0.15) is 5.82 Å². The second-order valence-corrected chi connectivity index (χ2v) is 5.16. The van der Waals surface area contributed by atoms with E-state index in [-0.39, 0.29) is 17.9 Å². The molecule has 1 atom stereocenters. The van der Waals surface area contributed by atoms with E-state index in [4.69, 9.17) is 9.47 Å². The van der Waals surface area contributed by atoms with Crippen LogP contribution in [0.1, 0.15) is 41.6 Å². The first kappa shape index (κ1) is 14.9. The summed E-state index contributed by atoms with van der Waals surface area (Å²) in [6.07, 6.45) is 1.51. The monoisotopic (exact) mass is 279 g/mol. The smallest absolute Gasteiger partial charge is 0.254 e. The Morgan fingerprint density at radius 1 is 1.50 bits per heavy atom. The second-order valence-electron chi connectivity index (χ2n) is 5.16. The van der Waals surface area contributed by atoms with Gasteiger partial charge in [0.2, 0.25) is 0 Å². The van der Waals surface area contributed by atoms with Gasteiger partial charge < -0.3 is 14.8 Å². The third-order valence-corrected chi connectivity index (χ3v) is 3.13. The highest BCUT2D eigenvalue weighted by atomic mass is 16.6. The molecule has 1 unspecified atom stereocenters. The van der Waals surface area contributed by atoms with Crippen molar-refractivity contribution in [1.82, 2.24) is 15.3 Å². The van der Waals surface area contributed by atoms with Crippen molar-refractivity contribution >= 4 is 5.91 Å². The van der Waals surface area contributed by atoms with Crippen LogP contribution in [0.4, 0.5) is 0 Å². The van der Waals surface area contributed by atoms with Gasteiger partial charge in [0.15, 0.2) is 0 Å². The minimum Gasteiger partial charge on any atom is -0.376 e. The lowest BCUT2D eigenvalue weighted by Crippen LogP contribution is -2.40. The molecule has 0 spiro atoms. The van der Waals surface area contributed by atoms with Crippen LogP contribution in [0, 0.1) is 6.92 Å². The Hall–Kier alpha value is -1.53. The molecule has 0 aromatic carbocycles. The molecule has 6 heteroatoms. The normalized spacial score (nSPS) is 19.1. The molecule has 1 aliphatic heterocycles. The summed E-state index contributed by atoms with van der Waals surface area (Å²) in [5, 5.41) is 2.83. The maximum atomic E-state index is 12.1. The topological polar surface area (TPSA) is 73.3 Å². The van der Waals surface area contributed by atoms with Gasteiger partial charge in [-0.3, -0.25) is 4.79 Å². The molecule has 2 rings (SSSR count). The van der Waals surface area contributed by atoms with Crippen LogP contribution in [0.3, 0.4) is 0 Å². The summed E-state index contributed by atoms with van der Waals surface area (Å²) in [7, 11) is 0. The molecule has 0 saturated carbocycles. The number of aromatic nitrogens is 2. The van der Waals surface area contributed by atoms with E-state index in [2.05, 4.69) is 15.3 Å². The van der Waals surface area contributed by atoms with Crippen LogP contribution in [0.5, 0.6) is 0 Å². The predicted molar refractivity (Wildman–Crippen MR) is 73.8 cm³/mol. The van der Waals surface area contributed by atoms with E-state index in [0.29, 0.717) is 37.6 Å². The van der Waals surface area contributed by atoms with Crippen LogP contribution in [-0.2, 0) is 9.47 Å². The second kappa shape index (κ2) is 6.76. The van der Waals surface area contributed by atoms with Crippen molar-refractivity contribution in [1.29, 1.82) is 0 Å². The maximum Gasteiger partial charge on any atom is 0.254 e. The van der Waals surface area contributed by atoms with Gasteiger partial charge in [0, 0.05) is 18.7 Å². The SMILES string of the molecule is Cc1nc(C(C)C)ncc1C(=O)NCC1COCCO1. The summed E-state index contributed by atoms with van der Waals surface area (Å²) in [5.41, 5.74) is 1.20. The van der Waals surface area contributed by atoms with Crippen LogP contribution in [0.15, 0.2) is 6.20 Å². The van der Waals surface area contributed by atoms with Crippen molar-refractivity contribution in [2.45, 2.75) is 32.8 Å². The van der Waals surface area contributed by atoms with Crippen LogP contribution in [0.2, 0.25) is 0 Å². The Kier molecular flexibility index (Phi) is 5.03. The predicted octanol–water partition coefficient (Wildman–Crippen LogP) is 1.05. The first-order chi connectivity index (χ1) is 9.58. The number of aryl methyl sites for hydroxylation is 1. The molecule has 110 valence electrons. The fourth-order valence-electron chi connectivity index (χ4n) is 1.94. The molecule has 20 heavy (non-hydrogen) atoms. The highest BCUT2D eigenvalue weighted by molar-refractivity contribution is 5.94. The van der Waals surface area contributed by atoms with E-state index in [1.54, 1.807) is 6.20 Å². The van der Waals surface area contributed by atoms with Crippen LogP contribution >= 0.6 is 0 Å². The molecule has 1 aromatic rings. The van der Waals surface area contributed by atoms with Gasteiger partial charge in [-0.05, 0) is 6.92 Å². The first-order valence-electron chi connectivity index (χ1n) is 6.89. The Bertz CT molecular complexity index is 471. The third kappa shape index (κ3) is 3.74. The zero-order chi connectivity index (χ0) is 14.5. The van der Waals surface area contributed by atoms with Crippen LogP contribution in [0.25, 0.3) is 0 Å². The molecule has 0 bridgehead atoms. The Labute approximate surface area is 118 Å². The summed E-state index contributed by atoms with van der Waals surface area (Å²) < 4.78 is 10.8. The molecular formula is C14H21N3O3. The molecule has 1 N–H and O–H groups in total. The minimum atomic E-state index is -0.174. The highest BCUT2D eigenvalue weighted by Gasteiger charge is 2.17. The van der Waals surface area contributed by atoms with Crippen molar-refractivity contribution in [3.05, 3.63) is 23.3 Å². The third-order valence-electron chi connectivity index (χ3n) is 3.13. The number of nitrogens with one attached hydrogen (secondary N) is 1. The fraction of sp³-hybridized carbons (Fsp3) is 0.643. The Morgan fingerprint density at radius 3 is 2.90 bits per heavy atom. The van der Waals surface area contributed by atoms with Gasteiger partial charge in [-0.15, -0.1) is 0 Å².